The number of thiocarbonyl (C=S) groups is 1. The van der Waals surface area contributed by atoms with Crippen molar-refractivity contribution in [2.45, 2.75) is 12.4 Å². The fraction of sp³-hybridized carbons (Fsp3) is 0.833. The fourth-order valence-corrected chi connectivity index (χ4v) is 0.832. The van der Waals surface area contributed by atoms with Gasteiger partial charge in [-0.15, -0.1) is 0 Å². The van der Waals surface area contributed by atoms with Crippen molar-refractivity contribution in [3.05, 3.63) is 0 Å². The van der Waals surface area contributed by atoms with Gasteiger partial charge in [0, 0.05) is 0 Å². The van der Waals surface area contributed by atoms with Gasteiger partial charge in [0.1, 0.15) is 12.5 Å². The summed E-state index contributed by atoms with van der Waals surface area (Å²) in [6.07, 6.45) is -9.47. The highest BCUT2D eigenvalue weighted by Crippen LogP contribution is 2.27. The molecule has 0 aromatic heterocycles. The lowest BCUT2D eigenvalue weighted by Crippen LogP contribution is -2.38. The molecule has 0 aliphatic carbocycles. The molecule has 0 radical (unpaired) electrons. The summed E-state index contributed by atoms with van der Waals surface area (Å²) in [7, 11) is 0. The van der Waals surface area contributed by atoms with Crippen molar-refractivity contribution < 1.29 is 31.1 Å². The fourth-order valence-electron chi connectivity index (χ4n) is 0.630. The maximum absolute atomic E-state index is 12.1. The summed E-state index contributed by atoms with van der Waals surface area (Å²) in [4.78, 5) is -0.940. The molecular weight excluding hydrogens is 248 g/mol. The van der Waals surface area contributed by atoms with Gasteiger partial charge in [0.25, 0.3) is 0 Å². The molecule has 0 saturated heterocycles. The molecule has 9 heteroatoms. The number of nitrogens with two attached hydrogens (primary N) is 1. The first-order chi connectivity index (χ1) is 6.54. The van der Waals surface area contributed by atoms with Crippen molar-refractivity contribution in [3.63, 3.8) is 0 Å². The normalized spacial score (nSPS) is 15.1. The number of hydrogen-bond donors (Lipinski definition) is 1. The molecule has 0 amide bonds. The molecular formula is C6H7F6NOS. The number of ether oxygens (including phenoxy) is 1. The molecule has 0 aromatic rings. The van der Waals surface area contributed by atoms with E-state index in [9.17, 15) is 26.3 Å². The van der Waals surface area contributed by atoms with Gasteiger partial charge in [-0.05, 0) is 0 Å². The number of alkyl halides is 6. The molecule has 0 bridgehead atoms. The molecule has 2 N–H and O–H groups in total. The Kier molecular flexibility index (Phi) is 4.78. The van der Waals surface area contributed by atoms with Crippen LogP contribution in [0.15, 0.2) is 0 Å². The molecule has 0 fully saturated rings. The maximum atomic E-state index is 12.1. The van der Waals surface area contributed by atoms with Crippen molar-refractivity contribution in [1.29, 1.82) is 0 Å². The van der Waals surface area contributed by atoms with Crippen LogP contribution in [-0.2, 0) is 4.74 Å². The third kappa shape index (κ3) is 6.50. The Morgan fingerprint density at radius 1 is 1.20 bits per heavy atom. The predicted octanol–water partition coefficient (Wildman–Crippen LogP) is 2.03. The van der Waals surface area contributed by atoms with Gasteiger partial charge in [0.05, 0.1) is 11.6 Å². The minimum atomic E-state index is -4.79. The molecule has 0 aliphatic rings. The second-order valence-electron chi connectivity index (χ2n) is 2.63. The summed E-state index contributed by atoms with van der Waals surface area (Å²) in [5.74, 6) is -2.35. The van der Waals surface area contributed by atoms with Crippen molar-refractivity contribution in [3.8, 4) is 0 Å². The highest BCUT2D eigenvalue weighted by atomic mass is 32.1. The van der Waals surface area contributed by atoms with Crippen LogP contribution in [0.2, 0.25) is 0 Å². The van der Waals surface area contributed by atoms with Crippen LogP contribution in [0.4, 0.5) is 26.3 Å². The molecule has 0 rings (SSSR count). The summed E-state index contributed by atoms with van der Waals surface area (Å²) in [5.41, 5.74) is 4.72. The Hall–Kier alpha value is -0.570. The van der Waals surface area contributed by atoms with Gasteiger partial charge in [-0.1, -0.05) is 12.2 Å². The monoisotopic (exact) mass is 255 g/mol. The topological polar surface area (TPSA) is 35.2 Å². The molecule has 1 atom stereocenters. The van der Waals surface area contributed by atoms with Gasteiger partial charge in [-0.25, -0.2) is 0 Å². The van der Waals surface area contributed by atoms with E-state index in [2.05, 4.69) is 17.0 Å². The summed E-state index contributed by atoms with van der Waals surface area (Å²) < 4.78 is 74.6. The molecule has 90 valence electrons. The van der Waals surface area contributed by atoms with Crippen LogP contribution in [0.1, 0.15) is 0 Å². The third-order valence-electron chi connectivity index (χ3n) is 1.29. The van der Waals surface area contributed by atoms with Gasteiger partial charge >= 0.3 is 12.4 Å². The zero-order valence-electron chi connectivity index (χ0n) is 7.15. The largest absolute Gasteiger partial charge is 0.411 e. The molecule has 0 spiro atoms. The summed E-state index contributed by atoms with van der Waals surface area (Å²) in [6, 6.07) is 0. The minimum absolute atomic E-state index is 0.940. The van der Waals surface area contributed by atoms with E-state index >= 15 is 0 Å². The molecule has 0 aliphatic heterocycles. The zero-order valence-corrected chi connectivity index (χ0v) is 7.97. The molecule has 2 nitrogen and oxygen atoms in total. The first-order valence-electron chi connectivity index (χ1n) is 3.54. The summed E-state index contributed by atoms with van der Waals surface area (Å²) in [5, 5.41) is 0. The van der Waals surface area contributed by atoms with Gasteiger partial charge in [0.15, 0.2) is 0 Å². The van der Waals surface area contributed by atoms with Gasteiger partial charge in [0.2, 0.25) is 0 Å². The van der Waals surface area contributed by atoms with Crippen molar-refractivity contribution in [1.82, 2.24) is 0 Å². The average molecular weight is 255 g/mol. The quantitative estimate of drug-likeness (QED) is 0.616. The van der Waals surface area contributed by atoms with Crippen LogP contribution < -0.4 is 5.73 Å². The Bertz CT molecular complexity index is 225. The summed E-state index contributed by atoms with van der Waals surface area (Å²) >= 11 is 4.07. The Balaban J connectivity index is 4.17. The number of hydrogen-bond acceptors (Lipinski definition) is 2. The number of rotatable bonds is 4. The lowest BCUT2D eigenvalue weighted by Gasteiger charge is -2.19. The van der Waals surface area contributed by atoms with Crippen LogP contribution in [0.5, 0.6) is 0 Å². The summed E-state index contributed by atoms with van der Waals surface area (Å²) in [6.45, 7) is -2.99. The van der Waals surface area contributed by atoms with E-state index in [1.807, 2.05) is 0 Å². The Morgan fingerprint density at radius 3 is 1.93 bits per heavy atom. The van der Waals surface area contributed by atoms with E-state index in [1.54, 1.807) is 0 Å². The maximum Gasteiger partial charge on any atom is 0.411 e. The molecule has 0 heterocycles. The third-order valence-corrected chi connectivity index (χ3v) is 1.57. The molecule has 0 aromatic carbocycles. The Labute approximate surface area is 86.4 Å². The minimum Gasteiger partial charge on any atom is -0.393 e. The van der Waals surface area contributed by atoms with E-state index in [1.165, 1.54) is 0 Å². The molecule has 1 unspecified atom stereocenters. The number of halogens is 6. The van der Waals surface area contributed by atoms with E-state index in [4.69, 9.17) is 5.73 Å². The highest BCUT2D eigenvalue weighted by molar-refractivity contribution is 7.80. The van der Waals surface area contributed by atoms with Gasteiger partial charge < -0.3 is 10.5 Å². The van der Waals surface area contributed by atoms with Crippen molar-refractivity contribution in [2.75, 3.05) is 13.2 Å². The van der Waals surface area contributed by atoms with Gasteiger partial charge in [-0.3, -0.25) is 0 Å². The van der Waals surface area contributed by atoms with Crippen LogP contribution in [0.25, 0.3) is 0 Å². The average Bonchev–Trinajstić information content (AvgIpc) is 1.92. The van der Waals surface area contributed by atoms with E-state index < -0.39 is 36.5 Å². The second kappa shape index (κ2) is 4.97. The zero-order chi connectivity index (χ0) is 12.3. The van der Waals surface area contributed by atoms with Crippen molar-refractivity contribution in [2.24, 2.45) is 11.7 Å². The smallest absolute Gasteiger partial charge is 0.393 e. The lowest BCUT2D eigenvalue weighted by molar-refractivity contribution is -0.199. The molecule has 15 heavy (non-hydrogen) atoms. The van der Waals surface area contributed by atoms with E-state index in [0.717, 1.165) is 0 Å². The lowest BCUT2D eigenvalue weighted by atomic mass is 10.1. The van der Waals surface area contributed by atoms with Gasteiger partial charge in [-0.2, -0.15) is 26.3 Å². The van der Waals surface area contributed by atoms with E-state index in [-0.39, 0.29) is 0 Å². The van der Waals surface area contributed by atoms with E-state index in [0.29, 0.717) is 0 Å². The first kappa shape index (κ1) is 14.4. The second-order valence-corrected chi connectivity index (χ2v) is 3.10. The first-order valence-corrected chi connectivity index (χ1v) is 3.95. The standard InChI is InChI=1S/C6H7F6NOS/c7-5(8,9)2-14-1-3(4(13)15)6(10,11)12/h3H,1-2H2,(H2,13,15). The van der Waals surface area contributed by atoms with Crippen LogP contribution in [-0.4, -0.2) is 30.6 Å². The highest BCUT2D eigenvalue weighted by Gasteiger charge is 2.42. The predicted molar refractivity (Wildman–Crippen MR) is 43.2 cm³/mol. The van der Waals surface area contributed by atoms with Crippen LogP contribution >= 0.6 is 12.2 Å². The van der Waals surface area contributed by atoms with Crippen LogP contribution in [0, 0.1) is 5.92 Å². The SMILES string of the molecule is NC(=S)C(COCC(F)(F)F)C(F)(F)F. The Morgan fingerprint density at radius 2 is 1.67 bits per heavy atom. The molecule has 0 saturated carbocycles. The van der Waals surface area contributed by atoms with Crippen molar-refractivity contribution >= 4 is 17.2 Å². The van der Waals surface area contributed by atoms with Crippen LogP contribution in [0.3, 0.4) is 0 Å².